The molecule has 1 aromatic heterocycles. The van der Waals surface area contributed by atoms with Crippen LogP contribution in [0.3, 0.4) is 0 Å². The second kappa shape index (κ2) is 6.56. The number of furan rings is 1. The van der Waals surface area contributed by atoms with Gasteiger partial charge in [-0.1, -0.05) is 0 Å². The van der Waals surface area contributed by atoms with Gasteiger partial charge in [0, 0.05) is 11.3 Å². The summed E-state index contributed by atoms with van der Waals surface area (Å²) in [6.07, 6.45) is 1.04. The van der Waals surface area contributed by atoms with Gasteiger partial charge in [0.1, 0.15) is 17.3 Å². The van der Waals surface area contributed by atoms with E-state index in [1.54, 1.807) is 26.0 Å². The third kappa shape index (κ3) is 3.88. The number of hydrogen-bond donors (Lipinski definition) is 2. The van der Waals surface area contributed by atoms with Gasteiger partial charge in [0.2, 0.25) is 10.0 Å². The van der Waals surface area contributed by atoms with Gasteiger partial charge in [-0.3, -0.25) is 9.52 Å². The number of amides is 1. The monoisotopic (exact) mass is 352 g/mol. The van der Waals surface area contributed by atoms with Crippen LogP contribution >= 0.6 is 0 Å². The summed E-state index contributed by atoms with van der Waals surface area (Å²) >= 11 is 0. The van der Waals surface area contributed by atoms with Crippen molar-refractivity contribution in [1.29, 1.82) is 0 Å². The van der Waals surface area contributed by atoms with Gasteiger partial charge < -0.3 is 14.5 Å². The topological polar surface area (TPSA) is 97.6 Å². The number of ether oxygens (including phenoxy) is 1. The van der Waals surface area contributed by atoms with Crippen LogP contribution in [0.4, 0.5) is 11.4 Å². The van der Waals surface area contributed by atoms with Crippen molar-refractivity contribution in [1.82, 2.24) is 0 Å². The maximum absolute atomic E-state index is 12.5. The zero-order valence-electron chi connectivity index (χ0n) is 14.2. The number of hydrogen-bond acceptors (Lipinski definition) is 5. The number of carbonyl (C=O) groups is 1. The van der Waals surface area contributed by atoms with Gasteiger partial charge in [-0.25, -0.2) is 8.42 Å². The highest BCUT2D eigenvalue weighted by Gasteiger charge is 2.19. The number of benzene rings is 1. The van der Waals surface area contributed by atoms with Crippen LogP contribution in [0.25, 0.3) is 0 Å². The lowest BCUT2D eigenvalue weighted by molar-refractivity contribution is 0.102. The molecule has 0 radical (unpaired) electrons. The lowest BCUT2D eigenvalue weighted by Gasteiger charge is -2.12. The molecule has 0 aliphatic heterocycles. The number of rotatable bonds is 5. The number of methoxy groups -OCH3 is 1. The molecule has 24 heavy (non-hydrogen) atoms. The summed E-state index contributed by atoms with van der Waals surface area (Å²) in [6.45, 7) is 5.33. The molecule has 1 aromatic carbocycles. The largest absolute Gasteiger partial charge is 0.495 e. The van der Waals surface area contributed by atoms with Crippen LogP contribution in [0, 0.1) is 20.8 Å². The Morgan fingerprint density at radius 2 is 1.83 bits per heavy atom. The Balaban J connectivity index is 2.33. The highest BCUT2D eigenvalue weighted by molar-refractivity contribution is 7.92. The van der Waals surface area contributed by atoms with Gasteiger partial charge in [-0.05, 0) is 39.0 Å². The Kier molecular flexibility index (Phi) is 4.88. The summed E-state index contributed by atoms with van der Waals surface area (Å²) in [7, 11) is -2.04. The molecule has 1 heterocycles. The first-order valence-electron chi connectivity index (χ1n) is 7.16. The maximum atomic E-state index is 12.5. The quantitative estimate of drug-likeness (QED) is 0.862. The summed E-state index contributed by atoms with van der Waals surface area (Å²) in [5.74, 6) is 1.25. The van der Waals surface area contributed by atoms with Crippen LogP contribution in [-0.4, -0.2) is 27.7 Å². The molecule has 0 saturated carbocycles. The van der Waals surface area contributed by atoms with E-state index in [0.29, 0.717) is 28.5 Å². The van der Waals surface area contributed by atoms with Gasteiger partial charge in [0.25, 0.3) is 5.91 Å². The highest BCUT2D eigenvalue weighted by atomic mass is 32.2. The minimum absolute atomic E-state index is 0.245. The molecule has 0 saturated heterocycles. The third-order valence-corrected chi connectivity index (χ3v) is 4.13. The molecular formula is C16H20N2O5S. The molecule has 0 bridgehead atoms. The van der Waals surface area contributed by atoms with Gasteiger partial charge in [-0.2, -0.15) is 0 Å². The smallest absolute Gasteiger partial charge is 0.259 e. The molecule has 2 rings (SSSR count). The van der Waals surface area contributed by atoms with E-state index >= 15 is 0 Å². The van der Waals surface area contributed by atoms with Crippen LogP contribution in [0.15, 0.2) is 22.6 Å². The molecule has 0 spiro atoms. The van der Waals surface area contributed by atoms with E-state index < -0.39 is 10.0 Å². The van der Waals surface area contributed by atoms with Gasteiger partial charge in [0.15, 0.2) is 0 Å². The standard InChI is InChI=1S/C16H20N2O5S/c1-9-10(2)23-11(3)15(9)16(19)17-12-6-7-14(22-4)13(8-12)18-24(5,20)21/h6-8,18H,1-5H3,(H,17,19). The molecule has 0 fully saturated rings. The van der Waals surface area contributed by atoms with Gasteiger partial charge >= 0.3 is 0 Å². The molecule has 0 unspecified atom stereocenters. The number of anilines is 2. The second-order valence-electron chi connectivity index (χ2n) is 5.46. The Bertz CT molecular complexity index is 884. The van der Waals surface area contributed by atoms with E-state index in [4.69, 9.17) is 9.15 Å². The lowest BCUT2D eigenvalue weighted by Crippen LogP contribution is -2.15. The first-order chi connectivity index (χ1) is 11.1. The number of sulfonamides is 1. The van der Waals surface area contributed by atoms with Crippen molar-refractivity contribution in [2.24, 2.45) is 0 Å². The number of nitrogens with one attached hydrogen (secondary N) is 2. The Labute approximate surface area is 141 Å². The predicted molar refractivity (Wildman–Crippen MR) is 92.3 cm³/mol. The van der Waals surface area contributed by atoms with Crippen LogP contribution in [0.2, 0.25) is 0 Å². The zero-order chi connectivity index (χ0) is 18.1. The van der Waals surface area contributed by atoms with E-state index in [-0.39, 0.29) is 11.6 Å². The van der Waals surface area contributed by atoms with E-state index in [1.807, 2.05) is 6.92 Å². The van der Waals surface area contributed by atoms with E-state index in [1.165, 1.54) is 13.2 Å². The number of carbonyl (C=O) groups excluding carboxylic acids is 1. The summed E-state index contributed by atoms with van der Waals surface area (Å²) in [5.41, 5.74) is 1.92. The Morgan fingerprint density at radius 1 is 1.17 bits per heavy atom. The van der Waals surface area contributed by atoms with Crippen molar-refractivity contribution in [2.45, 2.75) is 20.8 Å². The van der Waals surface area contributed by atoms with Crippen molar-refractivity contribution in [3.05, 3.63) is 40.8 Å². The average molecular weight is 352 g/mol. The molecule has 0 aliphatic rings. The summed E-state index contributed by atoms with van der Waals surface area (Å²) in [5, 5.41) is 2.74. The predicted octanol–water partition coefficient (Wildman–Crippen LogP) is 2.84. The van der Waals surface area contributed by atoms with Gasteiger partial charge in [0.05, 0.1) is 24.6 Å². The van der Waals surface area contributed by atoms with Crippen LogP contribution in [-0.2, 0) is 10.0 Å². The minimum atomic E-state index is -3.47. The fraction of sp³-hybridized carbons (Fsp3) is 0.312. The van der Waals surface area contributed by atoms with Crippen molar-refractivity contribution < 1.29 is 22.4 Å². The fourth-order valence-corrected chi connectivity index (χ4v) is 2.95. The summed E-state index contributed by atoms with van der Waals surface area (Å²) in [4.78, 5) is 12.5. The van der Waals surface area contributed by atoms with E-state index in [0.717, 1.165) is 11.8 Å². The van der Waals surface area contributed by atoms with E-state index in [2.05, 4.69) is 10.0 Å². The normalized spacial score (nSPS) is 11.2. The lowest BCUT2D eigenvalue weighted by atomic mass is 10.1. The molecule has 2 aromatic rings. The molecule has 0 aliphatic carbocycles. The van der Waals surface area contributed by atoms with Crippen molar-refractivity contribution in [3.8, 4) is 5.75 Å². The number of aryl methyl sites for hydroxylation is 2. The van der Waals surface area contributed by atoms with Crippen LogP contribution < -0.4 is 14.8 Å². The maximum Gasteiger partial charge on any atom is 0.259 e. The third-order valence-electron chi connectivity index (χ3n) is 3.54. The summed E-state index contributed by atoms with van der Waals surface area (Å²) in [6, 6.07) is 4.70. The minimum Gasteiger partial charge on any atom is -0.495 e. The van der Waals surface area contributed by atoms with Crippen molar-refractivity contribution in [2.75, 3.05) is 23.4 Å². The van der Waals surface area contributed by atoms with Crippen molar-refractivity contribution in [3.63, 3.8) is 0 Å². The SMILES string of the molecule is COc1ccc(NC(=O)c2c(C)oc(C)c2C)cc1NS(C)(=O)=O. The zero-order valence-corrected chi connectivity index (χ0v) is 15.0. The highest BCUT2D eigenvalue weighted by Crippen LogP contribution is 2.29. The Morgan fingerprint density at radius 3 is 2.33 bits per heavy atom. The van der Waals surface area contributed by atoms with E-state index in [9.17, 15) is 13.2 Å². The van der Waals surface area contributed by atoms with Crippen LogP contribution in [0.1, 0.15) is 27.4 Å². The second-order valence-corrected chi connectivity index (χ2v) is 7.21. The molecular weight excluding hydrogens is 332 g/mol. The van der Waals surface area contributed by atoms with Gasteiger partial charge in [-0.15, -0.1) is 0 Å². The molecule has 1 amide bonds. The summed E-state index contributed by atoms with van der Waals surface area (Å²) < 4.78 is 35.8. The first kappa shape index (κ1) is 17.9. The molecule has 130 valence electrons. The molecule has 0 atom stereocenters. The van der Waals surface area contributed by atoms with Crippen molar-refractivity contribution >= 4 is 27.3 Å². The molecule has 2 N–H and O–H groups in total. The average Bonchev–Trinajstić information content (AvgIpc) is 2.70. The first-order valence-corrected chi connectivity index (χ1v) is 9.05. The fourth-order valence-electron chi connectivity index (χ4n) is 2.39. The Hall–Kier alpha value is -2.48. The molecule has 7 nitrogen and oxygen atoms in total. The molecule has 8 heteroatoms. The van der Waals surface area contributed by atoms with Crippen LogP contribution in [0.5, 0.6) is 5.75 Å².